The fourth-order valence-corrected chi connectivity index (χ4v) is 6.72. The van der Waals surface area contributed by atoms with E-state index in [0.29, 0.717) is 17.3 Å². The van der Waals surface area contributed by atoms with E-state index < -0.39 is 21.6 Å². The van der Waals surface area contributed by atoms with E-state index >= 15 is 0 Å². The lowest BCUT2D eigenvalue weighted by Gasteiger charge is -2.16. The molecule has 38 heavy (non-hydrogen) atoms. The molecule has 196 valence electrons. The van der Waals surface area contributed by atoms with Crippen LogP contribution >= 0.6 is 34.5 Å². The number of benzene rings is 2. The maximum atomic E-state index is 13.0. The van der Waals surface area contributed by atoms with Crippen molar-refractivity contribution in [1.29, 1.82) is 0 Å². The predicted octanol–water partition coefficient (Wildman–Crippen LogP) is 4.27. The number of thiophene rings is 1. The Morgan fingerprint density at radius 1 is 1.11 bits per heavy atom. The normalized spacial score (nSPS) is 13.6. The molecular weight excluding hydrogens is 573 g/mol. The second kappa shape index (κ2) is 9.95. The Hall–Kier alpha value is -3.58. The summed E-state index contributed by atoms with van der Waals surface area (Å²) in [6, 6.07) is 12.6. The van der Waals surface area contributed by atoms with Gasteiger partial charge in [-0.05, 0) is 47.9 Å². The summed E-state index contributed by atoms with van der Waals surface area (Å²) in [5.74, 6) is 0.513. The Bertz CT molecular complexity index is 1800. The van der Waals surface area contributed by atoms with Gasteiger partial charge in [-0.2, -0.15) is 0 Å². The molecule has 4 aromatic rings. The average Bonchev–Trinajstić information content (AvgIpc) is 3.48. The first-order valence-corrected chi connectivity index (χ1v) is 14.1. The number of aromatic hydroxyl groups is 1. The van der Waals surface area contributed by atoms with E-state index in [0.717, 1.165) is 33.8 Å². The number of amides is 2. The zero-order valence-corrected chi connectivity index (χ0v) is 22.7. The fourth-order valence-electron chi connectivity index (χ4n) is 4.06. The molecule has 3 heterocycles. The molecule has 1 aliphatic heterocycles. The molecule has 2 amide bonds. The van der Waals surface area contributed by atoms with Crippen LogP contribution in [0.5, 0.6) is 5.88 Å². The lowest BCUT2D eigenvalue weighted by molar-refractivity contribution is 0.256. The van der Waals surface area contributed by atoms with Gasteiger partial charge in [-0.1, -0.05) is 29.3 Å². The van der Waals surface area contributed by atoms with Crippen molar-refractivity contribution in [3.63, 3.8) is 0 Å². The van der Waals surface area contributed by atoms with Gasteiger partial charge in [0.25, 0.3) is 15.6 Å². The van der Waals surface area contributed by atoms with Gasteiger partial charge >= 0.3 is 6.03 Å². The van der Waals surface area contributed by atoms with Crippen LogP contribution in [0.25, 0.3) is 16.5 Å². The summed E-state index contributed by atoms with van der Waals surface area (Å²) >= 11 is 13.0. The Balaban J connectivity index is 1.41. The van der Waals surface area contributed by atoms with Gasteiger partial charge in [0.05, 0.1) is 21.6 Å². The van der Waals surface area contributed by atoms with E-state index in [2.05, 4.69) is 10.3 Å². The number of hydrogen-bond donors (Lipinski definition) is 3. The van der Waals surface area contributed by atoms with E-state index in [1.807, 2.05) is 22.7 Å². The van der Waals surface area contributed by atoms with Crippen molar-refractivity contribution in [3.8, 4) is 11.6 Å². The molecule has 2 aromatic heterocycles. The molecule has 10 nitrogen and oxygen atoms in total. The molecule has 0 fully saturated rings. The Morgan fingerprint density at radius 2 is 1.89 bits per heavy atom. The van der Waals surface area contributed by atoms with Gasteiger partial charge in [-0.25, -0.2) is 22.5 Å². The molecule has 0 spiro atoms. The number of halogens is 2. The van der Waals surface area contributed by atoms with E-state index in [1.165, 1.54) is 36.4 Å². The number of fused-ring (bicyclic) bond motifs is 1. The molecule has 0 aliphatic carbocycles. The van der Waals surface area contributed by atoms with Crippen LogP contribution in [-0.4, -0.2) is 55.0 Å². The largest absolute Gasteiger partial charge is 0.494 e. The SMILES string of the molecule is CN1CCN=C1c1ccc2c(O)n(-c3ccc(NC(=O)NS(=O)(=O)c4ccc(Cl)s4)cc3Cl)c(=O)cc2c1. The number of anilines is 1. The monoisotopic (exact) mass is 591 g/mol. The summed E-state index contributed by atoms with van der Waals surface area (Å²) in [7, 11) is -2.17. The number of likely N-dealkylation sites (N-methyl/N-ethyl adjacent to an activating group) is 1. The predicted molar refractivity (Wildman–Crippen MR) is 149 cm³/mol. The third-order valence-corrected chi connectivity index (χ3v) is 9.16. The molecule has 1 aliphatic rings. The number of nitrogens with one attached hydrogen (secondary N) is 2. The summed E-state index contributed by atoms with van der Waals surface area (Å²) in [5.41, 5.74) is 0.654. The molecule has 3 N–H and O–H groups in total. The van der Waals surface area contributed by atoms with Crippen LogP contribution in [-0.2, 0) is 10.0 Å². The number of carbonyl (C=O) groups excluding carboxylic acids is 1. The number of hydrogen-bond acceptors (Lipinski definition) is 8. The number of nitrogens with zero attached hydrogens (tertiary/aromatic N) is 3. The van der Waals surface area contributed by atoms with Crippen molar-refractivity contribution in [2.24, 2.45) is 4.99 Å². The molecule has 0 bridgehead atoms. The van der Waals surface area contributed by atoms with Gasteiger partial charge in [-0.15, -0.1) is 11.3 Å². The van der Waals surface area contributed by atoms with Crippen LogP contribution in [0.15, 0.2) is 68.6 Å². The first-order valence-electron chi connectivity index (χ1n) is 11.1. The quantitative estimate of drug-likeness (QED) is 0.317. The lowest BCUT2D eigenvalue weighted by Crippen LogP contribution is -2.33. The number of carbonyl (C=O) groups is 1. The molecule has 0 radical (unpaired) electrons. The van der Waals surface area contributed by atoms with Crippen molar-refractivity contribution < 1.29 is 18.3 Å². The van der Waals surface area contributed by atoms with Crippen LogP contribution in [0.4, 0.5) is 10.5 Å². The number of sulfonamides is 1. The van der Waals surface area contributed by atoms with Gasteiger partial charge in [0.2, 0.25) is 5.88 Å². The second-order valence-corrected chi connectivity index (χ2v) is 12.4. The molecular formula is C24H19Cl2N5O5S2. The zero-order chi connectivity index (χ0) is 27.2. The summed E-state index contributed by atoms with van der Waals surface area (Å²) in [6.45, 7) is 1.51. The molecule has 14 heteroatoms. The summed E-state index contributed by atoms with van der Waals surface area (Å²) in [4.78, 5) is 31.8. The van der Waals surface area contributed by atoms with Gasteiger partial charge in [0.15, 0.2) is 0 Å². The number of aliphatic imine (C=N–C) groups is 1. The minimum Gasteiger partial charge on any atom is -0.494 e. The zero-order valence-electron chi connectivity index (χ0n) is 19.6. The van der Waals surface area contributed by atoms with Crippen LogP contribution in [0.2, 0.25) is 9.36 Å². The topological polar surface area (TPSA) is 133 Å². The molecule has 5 rings (SSSR count). The smallest absolute Gasteiger partial charge is 0.333 e. The first kappa shape index (κ1) is 26.0. The summed E-state index contributed by atoms with van der Waals surface area (Å²) in [5, 5.41) is 14.4. The highest BCUT2D eigenvalue weighted by Gasteiger charge is 2.21. The molecule has 0 unspecified atom stereocenters. The first-order chi connectivity index (χ1) is 18.0. The maximum Gasteiger partial charge on any atom is 0.333 e. The van der Waals surface area contributed by atoms with Crippen molar-refractivity contribution in [1.82, 2.24) is 14.2 Å². The maximum absolute atomic E-state index is 13.0. The van der Waals surface area contributed by atoms with Gasteiger partial charge < -0.3 is 15.3 Å². The number of pyridine rings is 1. The molecule has 0 saturated heterocycles. The Morgan fingerprint density at radius 3 is 2.55 bits per heavy atom. The van der Waals surface area contributed by atoms with Crippen LogP contribution in [0.1, 0.15) is 5.56 Å². The van der Waals surface area contributed by atoms with E-state index in [-0.39, 0.29) is 30.8 Å². The fraction of sp³-hybridized carbons (Fsp3) is 0.125. The van der Waals surface area contributed by atoms with Crippen molar-refractivity contribution >= 4 is 72.9 Å². The third-order valence-electron chi connectivity index (χ3n) is 5.81. The van der Waals surface area contributed by atoms with Crippen molar-refractivity contribution in [2.45, 2.75) is 4.21 Å². The Labute approximate surface area is 230 Å². The van der Waals surface area contributed by atoms with Gasteiger partial charge in [-0.3, -0.25) is 9.79 Å². The highest BCUT2D eigenvalue weighted by atomic mass is 35.5. The summed E-state index contributed by atoms with van der Waals surface area (Å²) < 4.78 is 27.7. The highest BCUT2D eigenvalue weighted by Crippen LogP contribution is 2.31. The molecule has 0 atom stereocenters. The second-order valence-electron chi connectivity index (χ2n) is 8.35. The average molecular weight is 592 g/mol. The van der Waals surface area contributed by atoms with Crippen molar-refractivity contribution in [2.75, 3.05) is 25.5 Å². The number of rotatable bonds is 5. The van der Waals surface area contributed by atoms with Crippen molar-refractivity contribution in [3.05, 3.63) is 79.9 Å². The standard InChI is InChI=1S/C24H19Cl2N5O5S2/c1-30-9-8-27-22(30)13-2-4-16-14(10-13)11-20(32)31(23(16)33)18-5-3-15(12-17(18)25)28-24(34)29-38(35,36)21-7-6-19(26)37-21/h2-7,10-12,33H,8-9H2,1H3,(H2,28,29,34). The summed E-state index contributed by atoms with van der Waals surface area (Å²) in [6.07, 6.45) is 0. The third kappa shape index (κ3) is 4.95. The minimum absolute atomic E-state index is 0.0333. The van der Waals surface area contributed by atoms with E-state index in [9.17, 15) is 23.1 Å². The van der Waals surface area contributed by atoms with E-state index in [4.69, 9.17) is 23.2 Å². The number of aromatic nitrogens is 1. The lowest BCUT2D eigenvalue weighted by atomic mass is 10.1. The Kier molecular flexibility index (Phi) is 6.82. The van der Waals surface area contributed by atoms with Gasteiger partial charge in [0, 0.05) is 36.3 Å². The highest BCUT2D eigenvalue weighted by molar-refractivity contribution is 7.92. The molecule has 2 aromatic carbocycles. The minimum atomic E-state index is -4.11. The van der Waals surface area contributed by atoms with E-state index in [1.54, 1.807) is 12.1 Å². The molecule has 0 saturated carbocycles. The van der Waals surface area contributed by atoms with Crippen LogP contribution in [0.3, 0.4) is 0 Å². The van der Waals surface area contributed by atoms with Gasteiger partial charge in [0.1, 0.15) is 10.0 Å². The van der Waals surface area contributed by atoms with Crippen LogP contribution in [0, 0.1) is 0 Å². The number of amidine groups is 1. The van der Waals surface area contributed by atoms with Crippen LogP contribution < -0.4 is 15.6 Å². The number of urea groups is 1.